The van der Waals surface area contributed by atoms with Gasteiger partial charge in [0.15, 0.2) is 12.2 Å². The normalized spacial score (nSPS) is 14.3. The molecule has 0 heterocycles. The largest absolute Gasteiger partial charge is 0.472 e. The molecule has 0 bridgehead atoms. The second-order valence-electron chi connectivity index (χ2n) is 31.5. The van der Waals surface area contributed by atoms with E-state index in [9.17, 15) is 43.2 Å². The van der Waals surface area contributed by atoms with E-state index in [-0.39, 0.29) is 25.7 Å². The highest BCUT2D eigenvalue weighted by atomic mass is 31.2. The lowest BCUT2D eigenvalue weighted by Crippen LogP contribution is -2.30. The van der Waals surface area contributed by atoms with Crippen molar-refractivity contribution in [3.8, 4) is 0 Å². The molecule has 3 unspecified atom stereocenters. The molecule has 0 aromatic rings. The summed E-state index contributed by atoms with van der Waals surface area (Å²) in [6.07, 6.45) is 59.9. The van der Waals surface area contributed by atoms with Gasteiger partial charge in [-0.15, -0.1) is 0 Å². The summed E-state index contributed by atoms with van der Waals surface area (Å²) in [5.74, 6) is 0.986. The lowest BCUT2D eigenvalue weighted by atomic mass is 10.00. The highest BCUT2D eigenvalue weighted by Gasteiger charge is 2.30. The molecule has 0 radical (unpaired) electrons. The van der Waals surface area contributed by atoms with Crippen molar-refractivity contribution in [2.45, 2.75) is 446 Å². The first-order valence-electron chi connectivity index (χ1n) is 42.7. The Labute approximate surface area is 626 Å². The third-order valence-corrected chi connectivity index (χ3v) is 21.6. The predicted octanol–water partition coefficient (Wildman–Crippen LogP) is 24.8. The molecule has 0 spiro atoms. The molecule has 102 heavy (non-hydrogen) atoms. The summed E-state index contributed by atoms with van der Waals surface area (Å²) in [7, 11) is -9.92. The maximum Gasteiger partial charge on any atom is 0.472 e. The fourth-order valence-electron chi connectivity index (χ4n) is 12.8. The topological polar surface area (TPSA) is 237 Å². The van der Waals surface area contributed by atoms with E-state index >= 15 is 0 Å². The molecule has 0 saturated carbocycles. The van der Waals surface area contributed by atoms with Crippen molar-refractivity contribution < 1.29 is 80.2 Å². The van der Waals surface area contributed by atoms with Crippen molar-refractivity contribution in [3.63, 3.8) is 0 Å². The van der Waals surface area contributed by atoms with Gasteiger partial charge >= 0.3 is 39.5 Å². The van der Waals surface area contributed by atoms with E-state index in [0.717, 1.165) is 120 Å². The van der Waals surface area contributed by atoms with E-state index in [4.69, 9.17) is 37.0 Å². The zero-order valence-electron chi connectivity index (χ0n) is 67.2. The van der Waals surface area contributed by atoms with Gasteiger partial charge in [-0.05, 0) is 49.4 Å². The number of unbranched alkanes of at least 4 members (excludes halogenated alkanes) is 45. The molecule has 0 aromatic heterocycles. The van der Waals surface area contributed by atoms with Crippen LogP contribution >= 0.6 is 15.6 Å². The van der Waals surface area contributed by atoms with Crippen LogP contribution in [0, 0.1) is 23.7 Å². The zero-order valence-corrected chi connectivity index (χ0v) is 69.0. The van der Waals surface area contributed by atoms with Crippen LogP contribution in [0.1, 0.15) is 428 Å². The number of carbonyl (C=O) groups excluding carboxylic acids is 4. The van der Waals surface area contributed by atoms with Gasteiger partial charge in [-0.3, -0.25) is 37.3 Å². The molecule has 3 N–H and O–H groups in total. The number of phosphoric acid groups is 2. The highest BCUT2D eigenvalue weighted by molar-refractivity contribution is 7.47. The summed E-state index contributed by atoms with van der Waals surface area (Å²) in [6.45, 7) is 14.3. The molecular weight excluding hydrogens is 1330 g/mol. The Morgan fingerprint density at radius 3 is 0.696 bits per heavy atom. The Hall–Kier alpha value is -1.94. The van der Waals surface area contributed by atoms with Crippen LogP contribution in [-0.2, 0) is 65.4 Å². The number of carbonyl (C=O) groups is 4. The van der Waals surface area contributed by atoms with Gasteiger partial charge in [0.2, 0.25) is 0 Å². The second-order valence-corrected chi connectivity index (χ2v) is 34.4. The first-order chi connectivity index (χ1) is 49.1. The fourth-order valence-corrected chi connectivity index (χ4v) is 14.3. The average Bonchev–Trinajstić information content (AvgIpc) is 0.906. The van der Waals surface area contributed by atoms with Crippen molar-refractivity contribution in [1.29, 1.82) is 0 Å². The molecule has 0 amide bonds. The summed E-state index contributed by atoms with van der Waals surface area (Å²) in [6, 6.07) is 0. The molecular formula is C83H162O17P2. The van der Waals surface area contributed by atoms with Crippen molar-refractivity contribution in [2.24, 2.45) is 23.7 Å². The molecule has 0 aromatic carbocycles. The lowest BCUT2D eigenvalue weighted by Gasteiger charge is -2.21. The van der Waals surface area contributed by atoms with E-state index in [1.807, 2.05) is 0 Å². The van der Waals surface area contributed by atoms with Gasteiger partial charge < -0.3 is 33.8 Å². The second kappa shape index (κ2) is 72.0. The number of esters is 4. The van der Waals surface area contributed by atoms with Crippen LogP contribution in [0.5, 0.6) is 0 Å². The smallest absolute Gasteiger partial charge is 0.462 e. The molecule has 606 valence electrons. The van der Waals surface area contributed by atoms with Crippen LogP contribution in [0.3, 0.4) is 0 Å². The molecule has 19 heteroatoms. The van der Waals surface area contributed by atoms with E-state index in [1.165, 1.54) is 225 Å². The van der Waals surface area contributed by atoms with Crippen molar-refractivity contribution in [2.75, 3.05) is 39.6 Å². The molecule has 0 saturated heterocycles. The van der Waals surface area contributed by atoms with Crippen LogP contribution in [0.25, 0.3) is 0 Å². The standard InChI is InChI=1S/C83H162O17P2/c1-9-76(8)62-54-46-41-42-48-56-64-81(86)94-70-79(100-83(88)66-58-50-40-34-28-31-37-45-53-61-75(6)7)72-98-102(91,92)96-68-77(84)67-95-101(89,90)97-71-78(99-82(87)65-57-49-39-33-27-23-19-15-14-17-21-25-30-36-44-52-60-74(4)5)69-93-80(85)63-55-47-38-32-26-22-18-13-11-10-12-16-20-24-29-35-43-51-59-73(2)3/h73-79,84H,9-72H2,1-8H3,(H,89,90)(H,91,92)/t76?,77-,78-,79-/m1/s1. The van der Waals surface area contributed by atoms with Gasteiger partial charge in [-0.25, -0.2) is 9.13 Å². The summed E-state index contributed by atoms with van der Waals surface area (Å²) in [5.41, 5.74) is 0. The molecule has 17 nitrogen and oxygen atoms in total. The Morgan fingerprint density at radius 2 is 0.471 bits per heavy atom. The maximum absolute atomic E-state index is 13.1. The number of ether oxygens (including phenoxy) is 4. The van der Waals surface area contributed by atoms with Crippen molar-refractivity contribution >= 4 is 39.5 Å². The van der Waals surface area contributed by atoms with E-state index in [0.29, 0.717) is 25.7 Å². The van der Waals surface area contributed by atoms with Gasteiger partial charge in [-0.2, -0.15) is 0 Å². The minimum Gasteiger partial charge on any atom is -0.462 e. The third-order valence-electron chi connectivity index (χ3n) is 19.7. The molecule has 0 aliphatic rings. The van der Waals surface area contributed by atoms with Gasteiger partial charge in [0, 0.05) is 25.7 Å². The average molecular weight is 1490 g/mol. The SMILES string of the molecule is CCC(C)CCCCCCCCC(=O)OC[C@H](COP(=O)(O)OC[C@H](O)COP(=O)(O)OC[C@@H](COC(=O)CCCCCCCCCCCCCCCCCCCCC(C)C)OC(=O)CCCCCCCCCCCCCCCCCCC(C)C)OC(=O)CCCCCCCCCCCC(C)C. The molecule has 0 aliphatic heterocycles. The monoisotopic (exact) mass is 1490 g/mol. The zero-order chi connectivity index (χ0) is 75.3. The molecule has 0 rings (SSSR count). The third kappa shape index (κ3) is 74.9. The Bertz CT molecular complexity index is 1990. The maximum atomic E-state index is 13.1. The van der Waals surface area contributed by atoms with E-state index in [1.54, 1.807) is 0 Å². The van der Waals surface area contributed by atoms with Gasteiger partial charge in [0.05, 0.1) is 26.4 Å². The molecule has 6 atom stereocenters. The highest BCUT2D eigenvalue weighted by Crippen LogP contribution is 2.45. The number of aliphatic hydroxyl groups excluding tert-OH is 1. The predicted molar refractivity (Wildman–Crippen MR) is 418 cm³/mol. The first-order valence-corrected chi connectivity index (χ1v) is 45.7. The summed E-state index contributed by atoms with van der Waals surface area (Å²) in [5, 5.41) is 10.6. The van der Waals surface area contributed by atoms with Crippen molar-refractivity contribution in [3.05, 3.63) is 0 Å². The van der Waals surface area contributed by atoms with Crippen LogP contribution in [0.2, 0.25) is 0 Å². The minimum atomic E-state index is -4.96. The van der Waals surface area contributed by atoms with E-state index in [2.05, 4.69) is 55.4 Å². The number of rotatable bonds is 80. The number of hydrogen-bond donors (Lipinski definition) is 3. The summed E-state index contributed by atoms with van der Waals surface area (Å²) >= 11 is 0. The number of hydrogen-bond acceptors (Lipinski definition) is 15. The molecule has 0 fully saturated rings. The number of aliphatic hydroxyl groups is 1. The van der Waals surface area contributed by atoms with Crippen LogP contribution < -0.4 is 0 Å². The Balaban J connectivity index is 5.21. The Morgan fingerprint density at radius 1 is 0.275 bits per heavy atom. The van der Waals surface area contributed by atoms with Gasteiger partial charge in [0.25, 0.3) is 0 Å². The summed E-state index contributed by atoms with van der Waals surface area (Å²) < 4.78 is 68.7. The quantitative estimate of drug-likeness (QED) is 0.0222. The first kappa shape index (κ1) is 100. The van der Waals surface area contributed by atoms with E-state index < -0.39 is 97.5 Å². The fraction of sp³-hybridized carbons (Fsp3) is 0.952. The van der Waals surface area contributed by atoms with Gasteiger partial charge in [0.1, 0.15) is 19.3 Å². The van der Waals surface area contributed by atoms with Crippen molar-refractivity contribution in [1.82, 2.24) is 0 Å². The van der Waals surface area contributed by atoms with Crippen LogP contribution in [-0.4, -0.2) is 96.7 Å². The lowest BCUT2D eigenvalue weighted by molar-refractivity contribution is -0.161. The Kier molecular flexibility index (Phi) is 70.6. The van der Waals surface area contributed by atoms with Crippen LogP contribution in [0.4, 0.5) is 0 Å². The summed E-state index contributed by atoms with van der Waals surface area (Å²) in [4.78, 5) is 73.0. The van der Waals surface area contributed by atoms with Crippen LogP contribution in [0.15, 0.2) is 0 Å². The molecule has 0 aliphatic carbocycles. The van der Waals surface area contributed by atoms with Gasteiger partial charge in [-0.1, -0.05) is 376 Å². The number of phosphoric ester groups is 2. The minimum absolute atomic E-state index is 0.104.